The Balaban J connectivity index is 1.44. The predicted molar refractivity (Wildman–Crippen MR) is 96.7 cm³/mol. The molecule has 140 valence electrons. The minimum atomic E-state index is -3.25. The fourth-order valence-corrected chi connectivity index (χ4v) is 4.35. The van der Waals surface area contributed by atoms with Crippen molar-refractivity contribution in [1.29, 1.82) is 0 Å². The molecule has 0 bridgehead atoms. The minimum Gasteiger partial charge on any atom is -0.493 e. The first kappa shape index (κ1) is 17.5. The van der Waals surface area contributed by atoms with Gasteiger partial charge in [0.25, 0.3) is 0 Å². The monoisotopic (exact) mass is 377 g/mol. The maximum atomic E-state index is 11.4. The number of aliphatic hydroxyl groups is 1. The average Bonchev–Trinajstić information content (AvgIpc) is 3.18. The summed E-state index contributed by atoms with van der Waals surface area (Å²) in [6, 6.07) is 8.19. The van der Waals surface area contributed by atoms with Crippen LogP contribution < -0.4 is 4.74 Å². The topological polar surface area (TPSA) is 84.7 Å². The summed E-state index contributed by atoms with van der Waals surface area (Å²) in [6.45, 7) is 3.94. The van der Waals surface area contributed by atoms with Crippen LogP contribution in [-0.2, 0) is 35.9 Å². The summed E-state index contributed by atoms with van der Waals surface area (Å²) >= 11 is 0. The Bertz CT molecular complexity index is 923. The number of aliphatic hydroxyl groups excluding tert-OH is 1. The highest BCUT2D eigenvalue weighted by molar-refractivity contribution is 7.90. The van der Waals surface area contributed by atoms with Crippen molar-refractivity contribution in [2.75, 3.05) is 25.2 Å². The van der Waals surface area contributed by atoms with Gasteiger partial charge in [-0.15, -0.1) is 0 Å². The fraction of sp³-hybridized carbons (Fsp3) is 0.500. The third-order valence-electron chi connectivity index (χ3n) is 4.86. The standard InChI is InChI=1S/C18H23N3O4S/c1-26(23,24)12-17(22)16-9-15-11-20(5-6-21(15)19-16)10-13-2-3-18-14(8-13)4-7-25-18/h2-3,8-9,17,22H,4-7,10-12H2,1H3/t17-/m0/s1. The first-order chi connectivity index (χ1) is 12.4. The lowest BCUT2D eigenvalue weighted by Gasteiger charge is -2.27. The average molecular weight is 377 g/mol. The summed E-state index contributed by atoms with van der Waals surface area (Å²) in [5, 5.41) is 14.5. The molecule has 3 heterocycles. The summed E-state index contributed by atoms with van der Waals surface area (Å²) in [7, 11) is -3.25. The minimum absolute atomic E-state index is 0.301. The summed E-state index contributed by atoms with van der Waals surface area (Å²) in [4.78, 5) is 2.33. The lowest BCUT2D eigenvalue weighted by atomic mass is 10.1. The van der Waals surface area contributed by atoms with E-state index in [9.17, 15) is 13.5 Å². The van der Waals surface area contributed by atoms with Crippen molar-refractivity contribution in [1.82, 2.24) is 14.7 Å². The third-order valence-corrected chi connectivity index (χ3v) is 5.78. The van der Waals surface area contributed by atoms with Crippen molar-refractivity contribution in [2.45, 2.75) is 32.2 Å². The quantitative estimate of drug-likeness (QED) is 0.834. The molecule has 4 rings (SSSR count). The third kappa shape index (κ3) is 3.77. The molecule has 8 heteroatoms. The zero-order valence-electron chi connectivity index (χ0n) is 14.8. The van der Waals surface area contributed by atoms with Crippen molar-refractivity contribution < 1.29 is 18.3 Å². The maximum Gasteiger partial charge on any atom is 0.150 e. The molecule has 0 saturated heterocycles. The smallest absolute Gasteiger partial charge is 0.150 e. The van der Waals surface area contributed by atoms with Crippen LogP contribution in [0.1, 0.15) is 28.6 Å². The first-order valence-electron chi connectivity index (χ1n) is 8.77. The summed E-state index contributed by atoms with van der Waals surface area (Å²) < 4.78 is 30.2. The van der Waals surface area contributed by atoms with Gasteiger partial charge in [-0.2, -0.15) is 5.10 Å². The first-order valence-corrected chi connectivity index (χ1v) is 10.8. The molecule has 0 aliphatic carbocycles. The van der Waals surface area contributed by atoms with Gasteiger partial charge in [-0.25, -0.2) is 8.42 Å². The van der Waals surface area contributed by atoms with E-state index in [1.54, 1.807) is 0 Å². The summed E-state index contributed by atoms with van der Waals surface area (Å²) in [6.07, 6.45) is 1.01. The molecule has 2 aromatic rings. The Morgan fingerprint density at radius 3 is 2.96 bits per heavy atom. The maximum absolute atomic E-state index is 11.4. The van der Waals surface area contributed by atoms with Crippen molar-refractivity contribution in [3.8, 4) is 5.75 Å². The number of hydrogen-bond acceptors (Lipinski definition) is 6. The molecule has 0 radical (unpaired) electrons. The van der Waals surface area contributed by atoms with Gasteiger partial charge >= 0.3 is 0 Å². The zero-order chi connectivity index (χ0) is 18.3. The van der Waals surface area contributed by atoms with Crippen molar-refractivity contribution >= 4 is 9.84 Å². The van der Waals surface area contributed by atoms with Gasteiger partial charge in [0.2, 0.25) is 0 Å². The van der Waals surface area contributed by atoms with Gasteiger partial charge in [-0.05, 0) is 23.3 Å². The molecular formula is C18H23N3O4S. The van der Waals surface area contributed by atoms with Crippen molar-refractivity contribution in [3.05, 3.63) is 46.8 Å². The van der Waals surface area contributed by atoms with Crippen LogP contribution >= 0.6 is 0 Å². The Morgan fingerprint density at radius 1 is 1.31 bits per heavy atom. The highest BCUT2D eigenvalue weighted by Gasteiger charge is 2.23. The zero-order valence-corrected chi connectivity index (χ0v) is 15.6. The Hall–Kier alpha value is -1.90. The van der Waals surface area contributed by atoms with E-state index in [2.05, 4.69) is 22.1 Å². The van der Waals surface area contributed by atoms with Crippen LogP contribution in [0.15, 0.2) is 24.3 Å². The Morgan fingerprint density at radius 2 is 2.15 bits per heavy atom. The van der Waals surface area contributed by atoms with Gasteiger partial charge in [0.1, 0.15) is 21.7 Å². The Kier molecular flexibility index (Phi) is 4.50. The normalized spacial score (nSPS) is 18.2. The largest absolute Gasteiger partial charge is 0.493 e. The van der Waals surface area contributed by atoms with E-state index in [1.165, 1.54) is 11.1 Å². The molecule has 0 saturated carbocycles. The van der Waals surface area contributed by atoms with E-state index in [-0.39, 0.29) is 5.75 Å². The van der Waals surface area contributed by atoms with E-state index in [4.69, 9.17) is 4.74 Å². The molecule has 1 N–H and O–H groups in total. The summed E-state index contributed by atoms with van der Waals surface area (Å²) in [5.74, 6) is 0.694. The molecule has 1 aromatic carbocycles. The van der Waals surface area contributed by atoms with E-state index < -0.39 is 15.9 Å². The SMILES string of the molecule is CS(=O)(=O)C[C@H](O)c1cc2n(n1)CCN(Cc1ccc3c(c1)CCO3)C2. The molecule has 0 spiro atoms. The molecule has 1 atom stereocenters. The van der Waals surface area contributed by atoms with Crippen LogP contribution in [0.5, 0.6) is 5.75 Å². The van der Waals surface area contributed by atoms with Crippen LogP contribution in [0, 0.1) is 0 Å². The van der Waals surface area contributed by atoms with Crippen LogP contribution in [0.2, 0.25) is 0 Å². The van der Waals surface area contributed by atoms with E-state index in [0.717, 1.165) is 56.9 Å². The van der Waals surface area contributed by atoms with E-state index in [1.807, 2.05) is 16.8 Å². The fourth-order valence-electron chi connectivity index (χ4n) is 3.61. The van der Waals surface area contributed by atoms with Crippen LogP contribution in [0.4, 0.5) is 0 Å². The molecule has 0 amide bonds. The molecule has 2 aliphatic rings. The van der Waals surface area contributed by atoms with Gasteiger partial charge in [0, 0.05) is 32.3 Å². The number of nitrogens with zero attached hydrogens (tertiary/aromatic N) is 3. The van der Waals surface area contributed by atoms with E-state index >= 15 is 0 Å². The lowest BCUT2D eigenvalue weighted by molar-refractivity contribution is 0.191. The molecule has 0 fully saturated rings. The number of benzene rings is 1. The van der Waals surface area contributed by atoms with E-state index in [0.29, 0.717) is 5.69 Å². The van der Waals surface area contributed by atoms with Crippen LogP contribution in [0.3, 0.4) is 0 Å². The second kappa shape index (κ2) is 6.68. The molecule has 7 nitrogen and oxygen atoms in total. The molecule has 26 heavy (non-hydrogen) atoms. The van der Waals surface area contributed by atoms with Gasteiger partial charge in [0.05, 0.1) is 30.3 Å². The Labute approximate surface area is 153 Å². The molecule has 2 aliphatic heterocycles. The number of aromatic nitrogens is 2. The number of sulfone groups is 1. The van der Waals surface area contributed by atoms with Crippen molar-refractivity contribution in [2.24, 2.45) is 0 Å². The second-order valence-corrected chi connectivity index (χ2v) is 9.33. The predicted octanol–water partition coefficient (Wildman–Crippen LogP) is 0.912. The highest BCUT2D eigenvalue weighted by Crippen LogP contribution is 2.27. The van der Waals surface area contributed by atoms with Gasteiger partial charge in [0.15, 0.2) is 0 Å². The van der Waals surface area contributed by atoms with Gasteiger partial charge in [-0.3, -0.25) is 9.58 Å². The number of rotatable bonds is 5. The summed E-state index contributed by atoms with van der Waals surface area (Å²) in [5.41, 5.74) is 3.97. The molecule has 0 unspecified atom stereocenters. The second-order valence-electron chi connectivity index (χ2n) is 7.14. The number of fused-ring (bicyclic) bond motifs is 2. The van der Waals surface area contributed by atoms with Crippen LogP contribution in [0.25, 0.3) is 0 Å². The highest BCUT2D eigenvalue weighted by atomic mass is 32.2. The number of ether oxygens (including phenoxy) is 1. The van der Waals surface area contributed by atoms with Crippen LogP contribution in [-0.4, -0.2) is 53.4 Å². The lowest BCUT2D eigenvalue weighted by Crippen LogP contribution is -2.33. The van der Waals surface area contributed by atoms with Crippen molar-refractivity contribution in [3.63, 3.8) is 0 Å². The number of hydrogen-bond donors (Lipinski definition) is 1. The van der Waals surface area contributed by atoms with Gasteiger partial charge < -0.3 is 9.84 Å². The van der Waals surface area contributed by atoms with Gasteiger partial charge in [-0.1, -0.05) is 12.1 Å². The molecule has 1 aromatic heterocycles. The molecular weight excluding hydrogens is 354 g/mol.